The molecule has 1 aliphatic rings. The van der Waals surface area contributed by atoms with Gasteiger partial charge in [-0.05, 0) is 81.8 Å². The standard InChI is InChI=1S/C34H43N3O4S/c1-6-31(34(39)35-29-14-7-8-15-29)36(22-28-13-9-11-25(3)21-28)33(38)23-37(32-16-10-12-26(4)27(32)5)42(40,41)30-19-17-24(2)18-20-30/h9-13,16-21,29,31H,6-8,14-15,22-23H2,1-5H3,(H,35,39)/t31-/m0/s1. The van der Waals surface area contributed by atoms with Gasteiger partial charge in [0, 0.05) is 12.6 Å². The van der Waals surface area contributed by atoms with Gasteiger partial charge in [-0.15, -0.1) is 0 Å². The van der Waals surface area contributed by atoms with Gasteiger partial charge in [0.2, 0.25) is 11.8 Å². The third-order valence-corrected chi connectivity index (χ3v) is 10.0. The van der Waals surface area contributed by atoms with Gasteiger partial charge in [-0.3, -0.25) is 13.9 Å². The Kier molecular flexibility index (Phi) is 10.1. The minimum atomic E-state index is -4.10. The molecule has 0 bridgehead atoms. The second-order valence-corrected chi connectivity index (χ2v) is 13.3. The number of amides is 2. The minimum Gasteiger partial charge on any atom is -0.352 e. The minimum absolute atomic E-state index is 0.107. The van der Waals surface area contributed by atoms with Crippen molar-refractivity contribution >= 4 is 27.5 Å². The van der Waals surface area contributed by atoms with E-state index >= 15 is 0 Å². The predicted octanol–water partition coefficient (Wildman–Crippen LogP) is 5.98. The molecule has 7 nitrogen and oxygen atoms in total. The summed E-state index contributed by atoms with van der Waals surface area (Å²) >= 11 is 0. The SMILES string of the molecule is CC[C@@H](C(=O)NC1CCCC1)N(Cc1cccc(C)c1)C(=O)CN(c1cccc(C)c1C)S(=O)(=O)c1ccc(C)cc1. The first-order valence-electron chi connectivity index (χ1n) is 14.8. The fourth-order valence-corrected chi connectivity index (χ4v) is 7.12. The van der Waals surface area contributed by atoms with Crippen LogP contribution in [0, 0.1) is 27.7 Å². The Morgan fingerprint density at radius 3 is 2.21 bits per heavy atom. The molecule has 8 heteroatoms. The Bertz CT molecular complexity index is 1510. The first kappa shape index (κ1) is 31.3. The third kappa shape index (κ3) is 7.21. The fourth-order valence-electron chi connectivity index (χ4n) is 5.65. The van der Waals surface area contributed by atoms with Crippen molar-refractivity contribution in [2.45, 2.75) is 90.2 Å². The first-order valence-corrected chi connectivity index (χ1v) is 16.3. The lowest BCUT2D eigenvalue weighted by Gasteiger charge is -2.34. The highest BCUT2D eigenvalue weighted by atomic mass is 32.2. The lowest BCUT2D eigenvalue weighted by molar-refractivity contribution is -0.140. The average molecular weight is 590 g/mol. The van der Waals surface area contributed by atoms with E-state index in [1.54, 1.807) is 41.3 Å². The zero-order valence-corrected chi connectivity index (χ0v) is 26.2. The predicted molar refractivity (Wildman–Crippen MR) is 168 cm³/mol. The van der Waals surface area contributed by atoms with Crippen LogP contribution in [0.4, 0.5) is 5.69 Å². The third-order valence-electron chi connectivity index (χ3n) is 8.26. The highest BCUT2D eigenvalue weighted by molar-refractivity contribution is 7.92. The molecule has 0 radical (unpaired) electrons. The number of carbonyl (C=O) groups is 2. The molecule has 0 spiro atoms. The molecule has 224 valence electrons. The molecule has 0 heterocycles. The van der Waals surface area contributed by atoms with E-state index in [0.717, 1.165) is 53.5 Å². The molecule has 1 aliphatic carbocycles. The van der Waals surface area contributed by atoms with Gasteiger partial charge in [-0.25, -0.2) is 8.42 Å². The van der Waals surface area contributed by atoms with Crippen molar-refractivity contribution in [3.63, 3.8) is 0 Å². The van der Waals surface area contributed by atoms with E-state index in [9.17, 15) is 18.0 Å². The molecule has 2 amide bonds. The first-order chi connectivity index (χ1) is 20.0. The summed E-state index contributed by atoms with van der Waals surface area (Å²) in [6.07, 6.45) is 4.43. The van der Waals surface area contributed by atoms with Crippen molar-refractivity contribution in [2.24, 2.45) is 0 Å². The summed E-state index contributed by atoms with van der Waals surface area (Å²) in [7, 11) is -4.10. The molecule has 42 heavy (non-hydrogen) atoms. The zero-order valence-electron chi connectivity index (χ0n) is 25.4. The molecule has 0 unspecified atom stereocenters. The highest BCUT2D eigenvalue weighted by Crippen LogP contribution is 2.29. The van der Waals surface area contributed by atoms with Gasteiger partial charge in [0.25, 0.3) is 10.0 Å². The van der Waals surface area contributed by atoms with Crippen LogP contribution in [0.15, 0.2) is 71.6 Å². The van der Waals surface area contributed by atoms with Crippen LogP contribution in [0.1, 0.15) is 66.8 Å². The number of sulfonamides is 1. The van der Waals surface area contributed by atoms with E-state index in [2.05, 4.69) is 5.32 Å². The summed E-state index contributed by atoms with van der Waals surface area (Å²) in [5.41, 5.74) is 5.01. The van der Waals surface area contributed by atoms with Gasteiger partial charge in [-0.2, -0.15) is 0 Å². The lowest BCUT2D eigenvalue weighted by Crippen LogP contribution is -2.53. The van der Waals surface area contributed by atoms with Crippen molar-refractivity contribution in [3.8, 4) is 0 Å². The fraction of sp³-hybridized carbons (Fsp3) is 0.412. The number of benzene rings is 3. The van der Waals surface area contributed by atoms with E-state index in [1.807, 2.05) is 65.0 Å². The number of anilines is 1. The molecule has 1 saturated carbocycles. The largest absolute Gasteiger partial charge is 0.352 e. The van der Waals surface area contributed by atoms with Crippen LogP contribution in [0.3, 0.4) is 0 Å². The molecule has 4 rings (SSSR count). The van der Waals surface area contributed by atoms with Crippen molar-refractivity contribution in [3.05, 3.63) is 94.5 Å². The Balaban J connectivity index is 1.75. The Morgan fingerprint density at radius 1 is 0.905 bits per heavy atom. The van der Waals surface area contributed by atoms with Crippen LogP contribution in [0.25, 0.3) is 0 Å². The number of carbonyl (C=O) groups excluding carboxylic acids is 2. The maximum absolute atomic E-state index is 14.3. The number of rotatable bonds is 11. The van der Waals surface area contributed by atoms with E-state index in [0.29, 0.717) is 12.1 Å². The quantitative estimate of drug-likeness (QED) is 0.298. The average Bonchev–Trinajstić information content (AvgIpc) is 3.46. The van der Waals surface area contributed by atoms with E-state index in [-0.39, 0.29) is 23.4 Å². The molecule has 1 fully saturated rings. The van der Waals surface area contributed by atoms with Gasteiger partial charge in [0.05, 0.1) is 10.6 Å². The summed E-state index contributed by atoms with van der Waals surface area (Å²) in [4.78, 5) is 29.6. The lowest BCUT2D eigenvalue weighted by atomic mass is 10.1. The summed E-state index contributed by atoms with van der Waals surface area (Å²) < 4.78 is 29.5. The van der Waals surface area contributed by atoms with Crippen molar-refractivity contribution in [2.75, 3.05) is 10.8 Å². The number of hydrogen-bond acceptors (Lipinski definition) is 4. The number of nitrogens with one attached hydrogen (secondary N) is 1. The second kappa shape index (κ2) is 13.6. The molecule has 3 aromatic carbocycles. The second-order valence-electron chi connectivity index (χ2n) is 11.5. The molecular formula is C34H43N3O4S. The summed E-state index contributed by atoms with van der Waals surface area (Å²) in [5.74, 6) is -0.619. The summed E-state index contributed by atoms with van der Waals surface area (Å²) in [6, 6.07) is 19.3. The molecule has 3 aromatic rings. The van der Waals surface area contributed by atoms with E-state index < -0.39 is 28.5 Å². The molecule has 0 aromatic heterocycles. The zero-order chi connectivity index (χ0) is 30.4. The number of aryl methyl sites for hydroxylation is 3. The molecular weight excluding hydrogens is 546 g/mol. The van der Waals surface area contributed by atoms with Crippen molar-refractivity contribution < 1.29 is 18.0 Å². The highest BCUT2D eigenvalue weighted by Gasteiger charge is 2.35. The van der Waals surface area contributed by atoms with Crippen LogP contribution in [-0.4, -0.2) is 43.8 Å². The Hall–Kier alpha value is -3.65. The molecule has 0 saturated heterocycles. The van der Waals surface area contributed by atoms with Gasteiger partial charge >= 0.3 is 0 Å². The Morgan fingerprint density at radius 2 is 1.57 bits per heavy atom. The summed E-state index contributed by atoms with van der Waals surface area (Å²) in [6.45, 7) is 9.31. The van der Waals surface area contributed by atoms with Crippen molar-refractivity contribution in [1.29, 1.82) is 0 Å². The van der Waals surface area contributed by atoms with Crippen LogP contribution >= 0.6 is 0 Å². The van der Waals surface area contributed by atoms with Gasteiger partial charge < -0.3 is 10.2 Å². The van der Waals surface area contributed by atoms with Gasteiger partial charge in [-0.1, -0.05) is 79.4 Å². The van der Waals surface area contributed by atoms with E-state index in [4.69, 9.17) is 0 Å². The number of nitrogens with zero attached hydrogens (tertiary/aromatic N) is 2. The monoisotopic (exact) mass is 589 g/mol. The van der Waals surface area contributed by atoms with Gasteiger partial charge in [0.15, 0.2) is 0 Å². The van der Waals surface area contributed by atoms with Crippen LogP contribution in [0.2, 0.25) is 0 Å². The molecule has 0 aliphatic heterocycles. The smallest absolute Gasteiger partial charge is 0.264 e. The summed E-state index contributed by atoms with van der Waals surface area (Å²) in [5, 5.41) is 3.16. The van der Waals surface area contributed by atoms with Crippen LogP contribution < -0.4 is 9.62 Å². The van der Waals surface area contributed by atoms with Crippen LogP contribution in [0.5, 0.6) is 0 Å². The Labute approximate surface area is 251 Å². The van der Waals surface area contributed by atoms with Crippen molar-refractivity contribution in [1.82, 2.24) is 10.2 Å². The topological polar surface area (TPSA) is 86.8 Å². The number of hydrogen-bond donors (Lipinski definition) is 1. The maximum atomic E-state index is 14.3. The van der Waals surface area contributed by atoms with Gasteiger partial charge in [0.1, 0.15) is 12.6 Å². The van der Waals surface area contributed by atoms with Crippen LogP contribution in [-0.2, 0) is 26.2 Å². The van der Waals surface area contributed by atoms with E-state index in [1.165, 1.54) is 4.31 Å². The normalized spacial score (nSPS) is 14.4. The molecule has 1 atom stereocenters. The maximum Gasteiger partial charge on any atom is 0.264 e. The molecule has 1 N–H and O–H groups in total.